The molecule has 2 aliphatic rings. The summed E-state index contributed by atoms with van der Waals surface area (Å²) in [6, 6.07) is 16.7. The van der Waals surface area contributed by atoms with Crippen LogP contribution < -0.4 is 15.9 Å². The maximum absolute atomic E-state index is 12.0. The van der Waals surface area contributed by atoms with Gasteiger partial charge in [-0.25, -0.2) is 0 Å². The summed E-state index contributed by atoms with van der Waals surface area (Å²) in [5, 5.41) is 11.7. The van der Waals surface area contributed by atoms with E-state index in [1.54, 1.807) is 4.90 Å². The van der Waals surface area contributed by atoms with Gasteiger partial charge in [0.1, 0.15) is 6.04 Å². The highest BCUT2D eigenvalue weighted by Crippen LogP contribution is 2.39. The minimum absolute atomic E-state index is 0.0150. The molecule has 220 valence electrons. The molecule has 1 aliphatic heterocycles. The van der Waals surface area contributed by atoms with E-state index < -0.39 is 17.9 Å². The number of nitrogens with one attached hydrogen (secondary N) is 2. The Bertz CT molecular complexity index is 1320. The standard InChI is InChI=1S/C13H17N3O2.C11H18O2.C7H5NOS/c14-13(18)11-7-4-8-16(11)12(17)9-15-10-5-2-1-3-6-10;1-2-3-4-5-6-7-9-8-10(9)11(12)13;9-7-8-5-3-1-2-4-6(5)10-7/h1-3,5-6,11,15H,4,7-9H2,(H2,14,18);6-7,9-10H,2-5,8H2,1H3,(H,12,13);1-4H,(H,8,9)/b;7-6-;. The summed E-state index contributed by atoms with van der Waals surface area (Å²) in [7, 11) is 0. The van der Waals surface area contributed by atoms with Crippen LogP contribution in [0.2, 0.25) is 0 Å². The number of aromatic nitrogens is 1. The lowest BCUT2D eigenvalue weighted by Gasteiger charge is -2.22. The van der Waals surface area contributed by atoms with E-state index in [1.165, 1.54) is 30.6 Å². The molecule has 2 heterocycles. The number of fused-ring (bicyclic) bond motifs is 1. The third-order valence-electron chi connectivity index (χ3n) is 6.96. The highest BCUT2D eigenvalue weighted by molar-refractivity contribution is 7.16. The van der Waals surface area contributed by atoms with Gasteiger partial charge in [-0.1, -0.05) is 73.6 Å². The van der Waals surface area contributed by atoms with Crippen LogP contribution in [0.4, 0.5) is 5.69 Å². The normalized spacial score (nSPS) is 19.1. The number of anilines is 1. The summed E-state index contributed by atoms with van der Waals surface area (Å²) in [6.45, 7) is 2.99. The van der Waals surface area contributed by atoms with Gasteiger partial charge in [0, 0.05) is 12.2 Å². The lowest BCUT2D eigenvalue weighted by Crippen LogP contribution is -2.45. The number of carboxylic acid groups (broad SMARTS) is 1. The molecule has 3 atom stereocenters. The summed E-state index contributed by atoms with van der Waals surface area (Å²) < 4.78 is 1.02. The van der Waals surface area contributed by atoms with Crippen molar-refractivity contribution in [2.45, 2.75) is 57.9 Å². The van der Waals surface area contributed by atoms with Crippen LogP contribution >= 0.6 is 11.3 Å². The number of benzene rings is 2. The number of nitrogens with zero attached hydrogens (tertiary/aromatic N) is 1. The number of amides is 2. The summed E-state index contributed by atoms with van der Waals surface area (Å²) >= 11 is 1.24. The van der Waals surface area contributed by atoms with Crippen molar-refractivity contribution in [1.29, 1.82) is 0 Å². The van der Waals surface area contributed by atoms with E-state index >= 15 is 0 Å². The fraction of sp³-hybridized carbons (Fsp3) is 0.419. The van der Waals surface area contributed by atoms with Crippen molar-refractivity contribution in [3.8, 4) is 0 Å². The Hall–Kier alpha value is -3.92. The number of aliphatic carboxylic acids is 1. The summed E-state index contributed by atoms with van der Waals surface area (Å²) in [6.07, 6.45) is 11.4. The zero-order chi connectivity index (χ0) is 29.6. The van der Waals surface area contributed by atoms with Gasteiger partial charge in [-0.3, -0.25) is 19.2 Å². The second-order valence-electron chi connectivity index (χ2n) is 10.1. The fourth-order valence-electron chi connectivity index (χ4n) is 4.58. The Morgan fingerprint density at radius 2 is 1.85 bits per heavy atom. The van der Waals surface area contributed by atoms with Gasteiger partial charge in [-0.15, -0.1) is 0 Å². The number of aromatic amines is 1. The van der Waals surface area contributed by atoms with Crippen LogP contribution in [0.5, 0.6) is 0 Å². The van der Waals surface area contributed by atoms with E-state index in [-0.39, 0.29) is 23.2 Å². The average Bonchev–Trinajstić information content (AvgIpc) is 3.38. The van der Waals surface area contributed by atoms with Gasteiger partial charge in [-0.2, -0.15) is 0 Å². The van der Waals surface area contributed by atoms with Crippen molar-refractivity contribution in [3.63, 3.8) is 0 Å². The number of carboxylic acids is 1. The summed E-state index contributed by atoms with van der Waals surface area (Å²) in [4.78, 5) is 48.7. The van der Waals surface area contributed by atoms with Crippen molar-refractivity contribution in [1.82, 2.24) is 9.88 Å². The van der Waals surface area contributed by atoms with Crippen LogP contribution in [-0.2, 0) is 14.4 Å². The Labute approximate surface area is 244 Å². The number of rotatable bonds is 10. The van der Waals surface area contributed by atoms with E-state index in [1.807, 2.05) is 54.6 Å². The van der Waals surface area contributed by atoms with Crippen LogP contribution in [0.25, 0.3) is 10.2 Å². The fourth-order valence-corrected chi connectivity index (χ4v) is 5.32. The van der Waals surface area contributed by atoms with Crippen LogP contribution in [0.1, 0.15) is 51.9 Å². The second kappa shape index (κ2) is 16.4. The minimum Gasteiger partial charge on any atom is -0.481 e. The molecule has 5 N–H and O–H groups in total. The van der Waals surface area contributed by atoms with Crippen molar-refractivity contribution in [2.24, 2.45) is 17.6 Å². The first-order valence-corrected chi connectivity index (χ1v) is 15.0. The number of unbranched alkanes of at least 4 members (excludes halogenated alkanes) is 3. The van der Waals surface area contributed by atoms with Crippen molar-refractivity contribution in [3.05, 3.63) is 76.4 Å². The molecule has 0 bridgehead atoms. The van der Waals surface area contributed by atoms with E-state index in [0.717, 1.165) is 35.2 Å². The van der Waals surface area contributed by atoms with E-state index in [2.05, 4.69) is 29.4 Å². The number of thiazole rings is 1. The number of hydrogen-bond acceptors (Lipinski definition) is 6. The number of likely N-dealkylation sites (tertiary alicyclic amines) is 1. The molecule has 2 aromatic carbocycles. The molecule has 0 spiro atoms. The number of carbonyl (C=O) groups excluding carboxylic acids is 2. The maximum Gasteiger partial charge on any atom is 0.307 e. The number of para-hydroxylation sites is 2. The Morgan fingerprint density at radius 1 is 1.12 bits per heavy atom. The zero-order valence-corrected chi connectivity index (χ0v) is 24.3. The average molecular weight is 581 g/mol. The maximum atomic E-state index is 12.0. The smallest absolute Gasteiger partial charge is 0.307 e. The van der Waals surface area contributed by atoms with Crippen LogP contribution in [0.3, 0.4) is 0 Å². The largest absolute Gasteiger partial charge is 0.481 e. The molecule has 1 saturated carbocycles. The molecule has 1 aromatic heterocycles. The van der Waals surface area contributed by atoms with Gasteiger partial charge in [-0.05, 0) is 62.3 Å². The van der Waals surface area contributed by atoms with Gasteiger partial charge < -0.3 is 26.0 Å². The number of hydrogen-bond donors (Lipinski definition) is 4. The predicted octanol–water partition coefficient (Wildman–Crippen LogP) is 5.01. The first kappa shape index (κ1) is 31.6. The summed E-state index contributed by atoms with van der Waals surface area (Å²) in [5.74, 6) is -0.884. The molecule has 3 aromatic rings. The number of H-pyrrole nitrogens is 1. The predicted molar refractivity (Wildman–Crippen MR) is 164 cm³/mol. The van der Waals surface area contributed by atoms with Crippen LogP contribution in [0, 0.1) is 11.8 Å². The molecule has 0 radical (unpaired) electrons. The lowest BCUT2D eigenvalue weighted by molar-refractivity contribution is -0.138. The first-order chi connectivity index (χ1) is 19.8. The number of nitrogens with two attached hydrogens (primary N) is 1. The zero-order valence-electron chi connectivity index (χ0n) is 23.5. The Kier molecular flexibility index (Phi) is 12.6. The van der Waals surface area contributed by atoms with Gasteiger partial charge in [0.2, 0.25) is 11.8 Å². The third kappa shape index (κ3) is 10.5. The minimum atomic E-state index is -0.636. The van der Waals surface area contributed by atoms with Gasteiger partial charge >= 0.3 is 10.8 Å². The molecule has 41 heavy (non-hydrogen) atoms. The van der Waals surface area contributed by atoms with Crippen molar-refractivity contribution >= 4 is 45.0 Å². The molecule has 5 rings (SSSR count). The van der Waals surface area contributed by atoms with Crippen LogP contribution in [0.15, 0.2) is 71.5 Å². The van der Waals surface area contributed by atoms with Crippen LogP contribution in [-0.4, -0.2) is 51.9 Å². The Balaban J connectivity index is 0.000000177. The van der Waals surface area contributed by atoms with E-state index in [9.17, 15) is 19.2 Å². The monoisotopic (exact) mass is 580 g/mol. The number of primary amides is 1. The lowest BCUT2D eigenvalue weighted by atomic mass is 10.2. The molecule has 2 amide bonds. The molecule has 9 nitrogen and oxygen atoms in total. The van der Waals surface area contributed by atoms with Gasteiger partial charge in [0.25, 0.3) is 0 Å². The molecular weight excluding hydrogens is 540 g/mol. The molecule has 3 unspecified atom stereocenters. The molecule has 1 saturated heterocycles. The molecular formula is C31H40N4O5S. The Morgan fingerprint density at radius 3 is 2.51 bits per heavy atom. The molecule has 1 aliphatic carbocycles. The van der Waals surface area contributed by atoms with E-state index in [0.29, 0.717) is 18.9 Å². The highest BCUT2D eigenvalue weighted by atomic mass is 32.1. The SMILES string of the molecule is CCCCC/C=C\C1CC1C(=O)O.NC(=O)C1CCCN1C(=O)CNc1ccccc1.O=c1[nH]c2ccccc2s1. The summed E-state index contributed by atoms with van der Waals surface area (Å²) in [5.41, 5.74) is 7.10. The first-order valence-electron chi connectivity index (χ1n) is 14.1. The van der Waals surface area contributed by atoms with Gasteiger partial charge in [0.15, 0.2) is 0 Å². The molecule has 10 heteroatoms. The quantitative estimate of drug-likeness (QED) is 0.196. The van der Waals surface area contributed by atoms with Gasteiger partial charge in [0.05, 0.1) is 22.7 Å². The second-order valence-corrected chi connectivity index (χ2v) is 11.2. The number of allylic oxidation sites excluding steroid dienone is 2. The highest BCUT2D eigenvalue weighted by Gasteiger charge is 2.40. The van der Waals surface area contributed by atoms with E-state index in [4.69, 9.17) is 10.8 Å². The topological polar surface area (TPSA) is 146 Å². The molecule has 2 fully saturated rings. The third-order valence-corrected chi connectivity index (χ3v) is 7.82. The number of carbonyl (C=O) groups is 3. The van der Waals surface area contributed by atoms with Crippen molar-refractivity contribution < 1.29 is 19.5 Å². The van der Waals surface area contributed by atoms with Crippen molar-refractivity contribution in [2.75, 3.05) is 18.4 Å².